The molecular weight excluding hydrogens is 354 g/mol. The Morgan fingerprint density at radius 1 is 1.04 bits per heavy atom. The van der Waals surface area contributed by atoms with Gasteiger partial charge in [-0.25, -0.2) is 0 Å². The van der Waals surface area contributed by atoms with E-state index in [-0.39, 0.29) is 17.6 Å². The normalized spacial score (nSPS) is 37.6. The van der Waals surface area contributed by atoms with Crippen molar-refractivity contribution in [3.05, 3.63) is 49.1 Å². The Balaban J connectivity index is 1.67. The first-order chi connectivity index (χ1) is 13.5. The minimum absolute atomic E-state index is 0.0716. The second-order valence-electron chi connectivity index (χ2n) is 8.22. The number of fused-ring (bicyclic) bond motifs is 1. The Kier molecular flexibility index (Phi) is 5.02. The van der Waals surface area contributed by atoms with Gasteiger partial charge >= 0.3 is 0 Å². The van der Waals surface area contributed by atoms with Gasteiger partial charge in [0.1, 0.15) is 12.2 Å². The predicted molar refractivity (Wildman–Crippen MR) is 109 cm³/mol. The number of nitrogens with zero attached hydrogens (tertiary/aromatic N) is 1. The molecule has 28 heavy (non-hydrogen) atoms. The molecule has 1 aliphatic carbocycles. The average molecular weight is 386 g/mol. The van der Waals surface area contributed by atoms with Gasteiger partial charge in [-0.15, -0.1) is 13.2 Å². The molecule has 0 aromatic heterocycles. The molecule has 3 aliphatic rings. The number of likely N-dealkylation sites (N-methyl/N-ethyl adjacent to an activating group) is 1. The Labute approximate surface area is 167 Å². The molecule has 1 saturated carbocycles. The van der Waals surface area contributed by atoms with Gasteiger partial charge in [0.2, 0.25) is 0 Å². The van der Waals surface area contributed by atoms with E-state index in [2.05, 4.69) is 37.2 Å². The lowest BCUT2D eigenvalue weighted by Gasteiger charge is -2.48. The first kappa shape index (κ1) is 19.5. The fraction of sp³-hybridized carbons (Fsp3) is 0.565. The molecule has 1 aromatic carbocycles. The van der Waals surface area contributed by atoms with Crippen LogP contribution < -0.4 is 9.47 Å². The molecule has 5 heteroatoms. The van der Waals surface area contributed by atoms with Crippen LogP contribution in [-0.2, 0) is 14.9 Å². The zero-order chi connectivity index (χ0) is 19.9. The largest absolute Gasteiger partial charge is 0.493 e. The SMILES string of the molecule is C=CC1OC2(CC[C@@]3(c4ccc(OC)c(OC)c4)CCN(C)[C@H]3C2)OC1C=C. The number of rotatable bonds is 5. The van der Waals surface area contributed by atoms with Crippen molar-refractivity contribution in [3.63, 3.8) is 0 Å². The van der Waals surface area contributed by atoms with E-state index in [9.17, 15) is 0 Å². The Morgan fingerprint density at radius 3 is 2.32 bits per heavy atom. The van der Waals surface area contributed by atoms with Crippen molar-refractivity contribution < 1.29 is 18.9 Å². The van der Waals surface area contributed by atoms with Crippen molar-refractivity contribution in [3.8, 4) is 11.5 Å². The minimum Gasteiger partial charge on any atom is -0.493 e. The van der Waals surface area contributed by atoms with Crippen molar-refractivity contribution in [1.82, 2.24) is 4.90 Å². The average Bonchev–Trinajstić information content (AvgIpc) is 3.26. The summed E-state index contributed by atoms with van der Waals surface area (Å²) in [4.78, 5) is 2.45. The van der Waals surface area contributed by atoms with Crippen LogP contribution >= 0.6 is 0 Å². The van der Waals surface area contributed by atoms with Gasteiger partial charge in [-0.2, -0.15) is 0 Å². The molecule has 152 valence electrons. The summed E-state index contributed by atoms with van der Waals surface area (Å²) in [5, 5.41) is 0. The monoisotopic (exact) mass is 385 g/mol. The molecule has 5 nitrogen and oxygen atoms in total. The number of likely N-dealkylation sites (tertiary alicyclic amines) is 1. The number of benzene rings is 1. The number of ether oxygens (including phenoxy) is 4. The van der Waals surface area contributed by atoms with E-state index in [0.717, 1.165) is 43.7 Å². The molecule has 0 N–H and O–H groups in total. The molecule has 0 radical (unpaired) electrons. The van der Waals surface area contributed by atoms with Crippen LogP contribution in [0.3, 0.4) is 0 Å². The van der Waals surface area contributed by atoms with Gasteiger partial charge in [-0.3, -0.25) is 0 Å². The van der Waals surface area contributed by atoms with Crippen LogP contribution in [0.15, 0.2) is 43.5 Å². The lowest BCUT2D eigenvalue weighted by Crippen LogP contribution is -2.53. The van der Waals surface area contributed by atoms with E-state index in [4.69, 9.17) is 18.9 Å². The topological polar surface area (TPSA) is 40.2 Å². The van der Waals surface area contributed by atoms with Gasteiger partial charge in [0.05, 0.1) is 14.2 Å². The molecule has 4 atom stereocenters. The Morgan fingerprint density at radius 2 is 1.71 bits per heavy atom. The first-order valence-electron chi connectivity index (χ1n) is 10.0. The zero-order valence-electron chi connectivity index (χ0n) is 17.1. The summed E-state index contributed by atoms with van der Waals surface area (Å²) in [7, 11) is 5.57. The highest BCUT2D eigenvalue weighted by atomic mass is 16.8. The highest BCUT2D eigenvalue weighted by Gasteiger charge is 2.58. The second kappa shape index (κ2) is 7.21. The summed E-state index contributed by atoms with van der Waals surface area (Å²) in [6.45, 7) is 8.88. The van der Waals surface area contributed by atoms with Crippen LogP contribution in [-0.4, -0.2) is 56.7 Å². The molecule has 3 fully saturated rings. The van der Waals surface area contributed by atoms with E-state index in [1.165, 1.54) is 5.56 Å². The summed E-state index contributed by atoms with van der Waals surface area (Å²) in [5.41, 5.74) is 1.38. The van der Waals surface area contributed by atoms with Gasteiger partial charge < -0.3 is 23.8 Å². The summed E-state index contributed by atoms with van der Waals surface area (Å²) in [6, 6.07) is 6.71. The molecule has 0 amide bonds. The third kappa shape index (κ3) is 2.88. The third-order valence-corrected chi connectivity index (χ3v) is 6.99. The molecule has 2 unspecified atom stereocenters. The lowest BCUT2D eigenvalue weighted by molar-refractivity contribution is -0.204. The highest BCUT2D eigenvalue weighted by molar-refractivity contribution is 5.46. The number of methoxy groups -OCH3 is 2. The fourth-order valence-corrected chi connectivity index (χ4v) is 5.44. The smallest absolute Gasteiger partial charge is 0.171 e. The molecule has 2 heterocycles. The molecule has 4 rings (SSSR count). The molecule has 0 bridgehead atoms. The third-order valence-electron chi connectivity index (χ3n) is 6.99. The van der Waals surface area contributed by atoms with Crippen LogP contribution in [0.5, 0.6) is 11.5 Å². The highest BCUT2D eigenvalue weighted by Crippen LogP contribution is 2.55. The van der Waals surface area contributed by atoms with Crippen LogP contribution in [0, 0.1) is 0 Å². The van der Waals surface area contributed by atoms with Crippen molar-refractivity contribution in [2.45, 2.75) is 55.1 Å². The summed E-state index contributed by atoms with van der Waals surface area (Å²) >= 11 is 0. The van der Waals surface area contributed by atoms with Crippen LogP contribution in [0.4, 0.5) is 0 Å². The van der Waals surface area contributed by atoms with Crippen molar-refractivity contribution in [2.75, 3.05) is 27.8 Å². The lowest BCUT2D eigenvalue weighted by atomic mass is 9.64. The van der Waals surface area contributed by atoms with Crippen LogP contribution in [0.25, 0.3) is 0 Å². The molecule has 1 aromatic rings. The van der Waals surface area contributed by atoms with Gasteiger partial charge in [-0.05, 0) is 44.1 Å². The summed E-state index contributed by atoms with van der Waals surface area (Å²) in [6.07, 6.45) is 7.23. The summed E-state index contributed by atoms with van der Waals surface area (Å²) < 4.78 is 23.8. The quantitative estimate of drug-likeness (QED) is 0.723. The zero-order valence-corrected chi connectivity index (χ0v) is 17.1. The first-order valence-corrected chi connectivity index (χ1v) is 10.0. The Hall–Kier alpha value is -1.82. The Bertz CT molecular complexity index is 747. The van der Waals surface area contributed by atoms with Gasteiger partial charge in [0.25, 0.3) is 0 Å². The van der Waals surface area contributed by atoms with Gasteiger partial charge in [-0.1, -0.05) is 18.2 Å². The van der Waals surface area contributed by atoms with Crippen molar-refractivity contribution in [2.24, 2.45) is 0 Å². The minimum atomic E-state index is -0.555. The van der Waals surface area contributed by atoms with Crippen LogP contribution in [0.2, 0.25) is 0 Å². The predicted octanol–water partition coefficient (Wildman–Crippen LogP) is 3.68. The van der Waals surface area contributed by atoms with Gasteiger partial charge in [0.15, 0.2) is 17.3 Å². The van der Waals surface area contributed by atoms with E-state index in [0.29, 0.717) is 6.04 Å². The second-order valence-corrected chi connectivity index (χ2v) is 8.22. The molecular formula is C23H31NO4. The van der Waals surface area contributed by atoms with E-state index < -0.39 is 5.79 Å². The molecule has 2 saturated heterocycles. The van der Waals surface area contributed by atoms with E-state index >= 15 is 0 Å². The maximum absolute atomic E-state index is 6.38. The van der Waals surface area contributed by atoms with Gasteiger partial charge in [0, 0.05) is 24.3 Å². The molecule has 1 spiro atoms. The van der Waals surface area contributed by atoms with Crippen molar-refractivity contribution in [1.29, 1.82) is 0 Å². The number of hydrogen-bond acceptors (Lipinski definition) is 5. The van der Waals surface area contributed by atoms with E-state index in [1.807, 2.05) is 18.2 Å². The van der Waals surface area contributed by atoms with E-state index in [1.54, 1.807) is 14.2 Å². The standard InChI is InChI=1S/C23H31NO4/c1-6-17-18(7-2)28-23(27-17)11-10-22(12-13-24(3)21(22)15-23)16-8-9-19(25-4)20(14-16)26-5/h6-9,14,17-18,21H,1-2,10-13,15H2,3-5H3/t17?,18?,21-,22-,23?/m0/s1. The maximum Gasteiger partial charge on any atom is 0.171 e. The summed E-state index contributed by atoms with van der Waals surface area (Å²) in [5.74, 6) is 0.999. The maximum atomic E-state index is 6.38. The number of hydrogen-bond donors (Lipinski definition) is 0. The fourth-order valence-electron chi connectivity index (χ4n) is 5.44. The van der Waals surface area contributed by atoms with Crippen LogP contribution in [0.1, 0.15) is 31.2 Å². The van der Waals surface area contributed by atoms with Crippen molar-refractivity contribution >= 4 is 0 Å². The molecule has 2 aliphatic heterocycles.